The van der Waals surface area contributed by atoms with Crippen molar-refractivity contribution >= 4 is 12.1 Å². The van der Waals surface area contributed by atoms with E-state index in [1.54, 1.807) is 20.8 Å². The third-order valence-corrected chi connectivity index (χ3v) is 3.39. The van der Waals surface area contributed by atoms with E-state index in [1.807, 2.05) is 13.8 Å². The zero-order chi connectivity index (χ0) is 14.9. The van der Waals surface area contributed by atoms with Crippen molar-refractivity contribution in [3.8, 4) is 0 Å². The van der Waals surface area contributed by atoms with Gasteiger partial charge in [0.2, 0.25) is 0 Å². The van der Waals surface area contributed by atoms with Crippen LogP contribution in [0.4, 0.5) is 4.79 Å². The zero-order valence-electron chi connectivity index (χ0n) is 12.5. The normalized spacial score (nSPS) is 26.6. The molecule has 110 valence electrons. The Morgan fingerprint density at radius 2 is 1.79 bits per heavy atom. The van der Waals surface area contributed by atoms with Gasteiger partial charge in [-0.3, -0.25) is 0 Å². The summed E-state index contributed by atoms with van der Waals surface area (Å²) in [4.78, 5) is 23.4. The number of aliphatic carboxylic acids is 1. The third-order valence-electron chi connectivity index (χ3n) is 3.39. The number of carboxylic acid groups (broad SMARTS) is 1. The molecule has 0 radical (unpaired) electrons. The molecule has 0 bridgehead atoms. The molecular formula is C14H25NO4. The smallest absolute Gasteiger partial charge is 0.408 e. The van der Waals surface area contributed by atoms with Crippen LogP contribution in [0.3, 0.4) is 0 Å². The van der Waals surface area contributed by atoms with E-state index in [1.165, 1.54) is 0 Å². The molecular weight excluding hydrogens is 246 g/mol. The SMILES string of the molecule is CC1(C)CCC[C@@](NC(=O)OC(C)(C)C)(C(=O)O)C1. The second kappa shape index (κ2) is 5.02. The van der Waals surface area contributed by atoms with Gasteiger partial charge in [0.05, 0.1) is 0 Å². The van der Waals surface area contributed by atoms with Crippen LogP contribution in [-0.2, 0) is 9.53 Å². The van der Waals surface area contributed by atoms with Gasteiger partial charge in [-0.05, 0) is 51.9 Å². The minimum absolute atomic E-state index is 0.0916. The summed E-state index contributed by atoms with van der Waals surface area (Å²) >= 11 is 0. The van der Waals surface area contributed by atoms with E-state index in [4.69, 9.17) is 4.74 Å². The summed E-state index contributed by atoms with van der Waals surface area (Å²) < 4.78 is 5.17. The van der Waals surface area contributed by atoms with Gasteiger partial charge in [0.1, 0.15) is 11.1 Å². The van der Waals surface area contributed by atoms with E-state index in [0.717, 1.165) is 12.8 Å². The van der Waals surface area contributed by atoms with E-state index >= 15 is 0 Å². The van der Waals surface area contributed by atoms with Gasteiger partial charge < -0.3 is 15.2 Å². The predicted octanol–water partition coefficient (Wildman–Crippen LogP) is 2.93. The molecule has 0 aromatic heterocycles. The van der Waals surface area contributed by atoms with E-state index in [9.17, 15) is 14.7 Å². The molecule has 0 aliphatic heterocycles. The maximum Gasteiger partial charge on any atom is 0.408 e. The van der Waals surface area contributed by atoms with Gasteiger partial charge >= 0.3 is 12.1 Å². The van der Waals surface area contributed by atoms with Crippen LogP contribution < -0.4 is 5.32 Å². The Hall–Kier alpha value is -1.26. The van der Waals surface area contributed by atoms with Crippen LogP contribution in [0.15, 0.2) is 0 Å². The summed E-state index contributed by atoms with van der Waals surface area (Å²) in [7, 11) is 0. The van der Waals surface area contributed by atoms with Crippen LogP contribution in [0.1, 0.15) is 60.3 Å². The topological polar surface area (TPSA) is 75.6 Å². The third kappa shape index (κ3) is 4.40. The first kappa shape index (κ1) is 15.8. The highest BCUT2D eigenvalue weighted by Gasteiger charge is 2.47. The second-order valence-corrected chi connectivity index (χ2v) is 7.21. The number of hydrogen-bond donors (Lipinski definition) is 2. The number of amides is 1. The summed E-state index contributed by atoms with van der Waals surface area (Å²) in [6.07, 6.45) is 1.97. The second-order valence-electron chi connectivity index (χ2n) is 7.21. The highest BCUT2D eigenvalue weighted by Crippen LogP contribution is 2.41. The molecule has 5 nitrogen and oxygen atoms in total. The van der Waals surface area contributed by atoms with E-state index in [0.29, 0.717) is 12.8 Å². The molecule has 19 heavy (non-hydrogen) atoms. The monoisotopic (exact) mass is 271 g/mol. The standard InChI is InChI=1S/C14H25NO4/c1-12(2,3)19-11(18)15-14(10(16)17)8-6-7-13(4,5)9-14/h6-9H2,1-5H3,(H,15,18)(H,16,17)/t14-/m0/s1. The molecule has 1 saturated carbocycles. The number of ether oxygens (including phenoxy) is 1. The molecule has 1 amide bonds. The minimum Gasteiger partial charge on any atom is -0.480 e. The fourth-order valence-corrected chi connectivity index (χ4v) is 2.70. The number of hydrogen-bond acceptors (Lipinski definition) is 3. The molecule has 0 aromatic carbocycles. The summed E-state index contributed by atoms with van der Waals surface area (Å²) in [6, 6.07) is 0. The molecule has 0 heterocycles. The van der Waals surface area contributed by atoms with Gasteiger partial charge in [0.15, 0.2) is 0 Å². The Labute approximate surface area is 114 Å². The minimum atomic E-state index is -1.20. The summed E-state index contributed by atoms with van der Waals surface area (Å²) in [5.74, 6) is -0.980. The van der Waals surface area contributed by atoms with Crippen molar-refractivity contribution in [2.45, 2.75) is 71.4 Å². The zero-order valence-corrected chi connectivity index (χ0v) is 12.5. The number of carboxylic acids is 1. The molecule has 0 spiro atoms. The van der Waals surface area contributed by atoms with Crippen LogP contribution in [0, 0.1) is 5.41 Å². The van der Waals surface area contributed by atoms with E-state index in [2.05, 4.69) is 5.32 Å². The first-order valence-electron chi connectivity index (χ1n) is 6.70. The maximum atomic E-state index is 11.9. The first-order valence-corrected chi connectivity index (χ1v) is 6.70. The number of carbonyl (C=O) groups is 2. The number of alkyl carbamates (subject to hydrolysis) is 1. The van der Waals surface area contributed by atoms with Crippen molar-refractivity contribution in [2.75, 3.05) is 0 Å². The lowest BCUT2D eigenvalue weighted by Gasteiger charge is -2.42. The van der Waals surface area contributed by atoms with Gasteiger partial charge in [-0.2, -0.15) is 0 Å². The van der Waals surface area contributed by atoms with Crippen molar-refractivity contribution in [3.63, 3.8) is 0 Å². The highest BCUT2D eigenvalue weighted by molar-refractivity contribution is 5.84. The first-order chi connectivity index (χ1) is 8.46. The number of rotatable bonds is 2. The Kier molecular flexibility index (Phi) is 4.17. The predicted molar refractivity (Wildman–Crippen MR) is 72.0 cm³/mol. The average Bonchev–Trinajstić information content (AvgIpc) is 2.11. The van der Waals surface area contributed by atoms with Gasteiger partial charge in [-0.15, -0.1) is 0 Å². The van der Waals surface area contributed by atoms with Crippen molar-refractivity contribution in [3.05, 3.63) is 0 Å². The van der Waals surface area contributed by atoms with E-state index < -0.39 is 23.2 Å². The number of carbonyl (C=O) groups excluding carboxylic acids is 1. The van der Waals surface area contributed by atoms with Crippen LogP contribution in [0.5, 0.6) is 0 Å². The average molecular weight is 271 g/mol. The molecule has 1 atom stereocenters. The summed E-state index contributed by atoms with van der Waals surface area (Å²) in [5.41, 5.74) is -1.93. The van der Waals surface area contributed by atoms with Crippen LogP contribution in [0.25, 0.3) is 0 Å². The molecule has 1 fully saturated rings. The van der Waals surface area contributed by atoms with Gasteiger partial charge in [-0.25, -0.2) is 9.59 Å². The van der Waals surface area contributed by atoms with Gasteiger partial charge in [0.25, 0.3) is 0 Å². The van der Waals surface area contributed by atoms with E-state index in [-0.39, 0.29) is 5.41 Å². The van der Waals surface area contributed by atoms with Crippen LogP contribution in [-0.4, -0.2) is 28.3 Å². The molecule has 2 N–H and O–H groups in total. The quantitative estimate of drug-likeness (QED) is 0.809. The lowest BCUT2D eigenvalue weighted by molar-refractivity contribution is -0.148. The Bertz CT molecular complexity index is 370. The lowest BCUT2D eigenvalue weighted by atomic mass is 9.68. The molecule has 1 aliphatic carbocycles. The Morgan fingerprint density at radius 1 is 1.21 bits per heavy atom. The Balaban J connectivity index is 2.84. The number of nitrogens with one attached hydrogen (secondary N) is 1. The molecule has 1 rings (SSSR count). The van der Waals surface area contributed by atoms with Gasteiger partial charge in [-0.1, -0.05) is 13.8 Å². The molecule has 1 aliphatic rings. The van der Waals surface area contributed by atoms with Crippen molar-refractivity contribution in [2.24, 2.45) is 5.41 Å². The fourth-order valence-electron chi connectivity index (χ4n) is 2.70. The summed E-state index contributed by atoms with van der Waals surface area (Å²) in [6.45, 7) is 9.32. The van der Waals surface area contributed by atoms with Gasteiger partial charge in [0, 0.05) is 0 Å². The Morgan fingerprint density at radius 3 is 2.21 bits per heavy atom. The van der Waals surface area contributed by atoms with Crippen LogP contribution in [0.2, 0.25) is 0 Å². The largest absolute Gasteiger partial charge is 0.480 e. The summed E-state index contributed by atoms with van der Waals surface area (Å²) in [5, 5.41) is 12.1. The van der Waals surface area contributed by atoms with Crippen molar-refractivity contribution in [1.82, 2.24) is 5.32 Å². The molecule has 0 aromatic rings. The van der Waals surface area contributed by atoms with Crippen molar-refractivity contribution < 1.29 is 19.4 Å². The lowest BCUT2D eigenvalue weighted by Crippen LogP contribution is -2.59. The molecule has 0 saturated heterocycles. The highest BCUT2D eigenvalue weighted by atomic mass is 16.6. The molecule has 0 unspecified atom stereocenters. The van der Waals surface area contributed by atoms with Crippen LogP contribution >= 0.6 is 0 Å². The molecule has 5 heteroatoms. The maximum absolute atomic E-state index is 11.9. The fraction of sp³-hybridized carbons (Fsp3) is 0.857. The van der Waals surface area contributed by atoms with Crippen molar-refractivity contribution in [1.29, 1.82) is 0 Å².